The van der Waals surface area contributed by atoms with Crippen molar-refractivity contribution in [1.29, 1.82) is 0 Å². The first-order valence-electron chi connectivity index (χ1n) is 13.5. The lowest BCUT2D eigenvalue weighted by Crippen LogP contribution is -2.64. The molecular formula is C27H46O6. The summed E-state index contributed by atoms with van der Waals surface area (Å²) in [4.78, 5) is 0. The summed E-state index contributed by atoms with van der Waals surface area (Å²) in [6.45, 7) is 8.90. The first kappa shape index (κ1) is 24.5. The summed E-state index contributed by atoms with van der Waals surface area (Å²) < 4.78 is 6.45. The van der Waals surface area contributed by atoms with Gasteiger partial charge in [-0.25, -0.2) is 0 Å². The predicted molar refractivity (Wildman–Crippen MR) is 124 cm³/mol. The van der Waals surface area contributed by atoms with Crippen LogP contribution in [0.25, 0.3) is 0 Å². The summed E-state index contributed by atoms with van der Waals surface area (Å²) in [7, 11) is 0. The topological polar surface area (TPSA) is 110 Å². The summed E-state index contributed by atoms with van der Waals surface area (Å²) in [6.07, 6.45) is 4.40. The highest BCUT2D eigenvalue weighted by Crippen LogP contribution is 2.70. The molecule has 0 spiro atoms. The van der Waals surface area contributed by atoms with Crippen LogP contribution >= 0.6 is 0 Å². The molecule has 190 valence electrons. The van der Waals surface area contributed by atoms with Gasteiger partial charge in [-0.2, -0.15) is 0 Å². The molecule has 4 saturated carbocycles. The summed E-state index contributed by atoms with van der Waals surface area (Å²) in [5.41, 5.74) is -0.243. The minimum absolute atomic E-state index is 0.0594. The van der Waals surface area contributed by atoms with Gasteiger partial charge >= 0.3 is 0 Å². The summed E-state index contributed by atoms with van der Waals surface area (Å²) in [6, 6.07) is 0. The number of fused-ring (bicyclic) bond motifs is 7. The Morgan fingerprint density at radius 2 is 1.76 bits per heavy atom. The van der Waals surface area contributed by atoms with E-state index in [1.165, 1.54) is 0 Å². The van der Waals surface area contributed by atoms with Gasteiger partial charge in [-0.3, -0.25) is 0 Å². The highest BCUT2D eigenvalue weighted by atomic mass is 16.6. The van der Waals surface area contributed by atoms with Crippen LogP contribution in [0.2, 0.25) is 0 Å². The van der Waals surface area contributed by atoms with E-state index in [1.54, 1.807) is 0 Å². The Kier molecular flexibility index (Phi) is 6.03. The average Bonchev–Trinajstić information content (AvgIpc) is 3.21. The second-order valence-corrected chi connectivity index (χ2v) is 13.2. The van der Waals surface area contributed by atoms with Gasteiger partial charge in [0.15, 0.2) is 5.79 Å². The number of aliphatic hydroxyl groups excluding tert-OH is 4. The van der Waals surface area contributed by atoms with Gasteiger partial charge in [0, 0.05) is 24.4 Å². The van der Waals surface area contributed by atoms with Gasteiger partial charge in [0.1, 0.15) is 6.10 Å². The lowest BCUT2D eigenvalue weighted by Gasteiger charge is -2.63. The second kappa shape index (κ2) is 8.14. The minimum Gasteiger partial charge on any atom is -0.396 e. The van der Waals surface area contributed by atoms with E-state index >= 15 is 0 Å². The van der Waals surface area contributed by atoms with E-state index in [0.717, 1.165) is 38.5 Å². The molecule has 0 amide bonds. The lowest BCUT2D eigenvalue weighted by atomic mass is 9.43. The zero-order valence-electron chi connectivity index (χ0n) is 20.9. The van der Waals surface area contributed by atoms with Crippen LogP contribution in [0.5, 0.6) is 0 Å². The maximum Gasteiger partial charge on any atom is 0.168 e. The Bertz CT molecular complexity index is 742. The molecule has 5 aliphatic rings. The van der Waals surface area contributed by atoms with Gasteiger partial charge in [0.25, 0.3) is 0 Å². The average molecular weight is 467 g/mol. The van der Waals surface area contributed by atoms with Crippen molar-refractivity contribution in [1.82, 2.24) is 0 Å². The molecular weight excluding hydrogens is 420 g/mol. The fourth-order valence-electron chi connectivity index (χ4n) is 9.83. The van der Waals surface area contributed by atoms with Gasteiger partial charge in [-0.05, 0) is 85.9 Å². The molecule has 4 aliphatic carbocycles. The molecule has 0 aromatic heterocycles. The van der Waals surface area contributed by atoms with Gasteiger partial charge in [-0.1, -0.05) is 27.7 Å². The SMILES string of the molecule is CC(CO)CCC1(O)O[C@H]2C[C@H]3[C@@H]4CCC5CC(O)C(O)C(O)[C@]5(C)[C@H]4CC[C@]3(C)[C@H]2[C@@H]1C. The molecule has 5 rings (SSSR count). The van der Waals surface area contributed by atoms with Crippen molar-refractivity contribution < 1.29 is 30.3 Å². The van der Waals surface area contributed by atoms with Crippen molar-refractivity contribution in [2.45, 2.75) is 109 Å². The normalized spacial score (nSPS) is 58.8. The highest BCUT2D eigenvalue weighted by molar-refractivity contribution is 5.16. The zero-order valence-corrected chi connectivity index (χ0v) is 20.9. The number of hydrogen-bond acceptors (Lipinski definition) is 6. The van der Waals surface area contributed by atoms with Crippen LogP contribution in [-0.4, -0.2) is 62.3 Å². The third-order valence-electron chi connectivity index (χ3n) is 11.8. The van der Waals surface area contributed by atoms with Crippen LogP contribution in [0.1, 0.15) is 79.1 Å². The molecule has 1 saturated heterocycles. The van der Waals surface area contributed by atoms with Crippen molar-refractivity contribution in [2.24, 2.45) is 52.3 Å². The third kappa shape index (κ3) is 3.34. The first-order valence-corrected chi connectivity index (χ1v) is 13.5. The smallest absolute Gasteiger partial charge is 0.168 e. The quantitative estimate of drug-likeness (QED) is 0.436. The molecule has 0 aromatic rings. The first-order chi connectivity index (χ1) is 15.5. The lowest BCUT2D eigenvalue weighted by molar-refractivity contribution is -0.233. The molecule has 0 radical (unpaired) electrons. The van der Waals surface area contributed by atoms with Crippen LogP contribution in [0.3, 0.4) is 0 Å². The van der Waals surface area contributed by atoms with Crippen LogP contribution in [0.15, 0.2) is 0 Å². The second-order valence-electron chi connectivity index (χ2n) is 13.2. The van der Waals surface area contributed by atoms with E-state index in [-0.39, 0.29) is 41.3 Å². The molecule has 5 N–H and O–H groups in total. The molecule has 6 nitrogen and oxygen atoms in total. The van der Waals surface area contributed by atoms with Gasteiger partial charge in [0.05, 0.1) is 18.3 Å². The van der Waals surface area contributed by atoms with E-state index in [9.17, 15) is 25.5 Å². The van der Waals surface area contributed by atoms with E-state index in [2.05, 4.69) is 20.8 Å². The van der Waals surface area contributed by atoms with Crippen molar-refractivity contribution in [3.63, 3.8) is 0 Å². The van der Waals surface area contributed by atoms with E-state index in [0.29, 0.717) is 36.5 Å². The minimum atomic E-state index is -1.10. The van der Waals surface area contributed by atoms with Crippen LogP contribution in [0.4, 0.5) is 0 Å². The fraction of sp³-hybridized carbons (Fsp3) is 1.00. The molecule has 33 heavy (non-hydrogen) atoms. The summed E-state index contributed by atoms with van der Waals surface area (Å²) in [5, 5.41) is 52.9. The largest absolute Gasteiger partial charge is 0.396 e. The van der Waals surface area contributed by atoms with Gasteiger partial charge < -0.3 is 30.3 Å². The number of hydrogen-bond donors (Lipinski definition) is 5. The van der Waals surface area contributed by atoms with E-state index in [1.807, 2.05) is 6.92 Å². The van der Waals surface area contributed by atoms with Crippen LogP contribution in [0, 0.1) is 52.3 Å². The van der Waals surface area contributed by atoms with Crippen molar-refractivity contribution in [3.05, 3.63) is 0 Å². The van der Waals surface area contributed by atoms with Crippen molar-refractivity contribution >= 4 is 0 Å². The Morgan fingerprint density at radius 3 is 2.45 bits per heavy atom. The van der Waals surface area contributed by atoms with Crippen LogP contribution in [-0.2, 0) is 4.74 Å². The van der Waals surface area contributed by atoms with E-state index in [4.69, 9.17) is 4.74 Å². The standard InChI is InChI=1S/C27H46O6/c1-14(13-28)7-10-27(32)15(2)22-21(33-27)12-19-17-6-5-16-11-20(29)23(30)24(31)26(16,4)18(17)8-9-25(19,22)3/h14-24,28-32H,5-13H2,1-4H3/t14?,15-,16?,17+,18-,19-,20?,21-,22-,23?,24?,25-,26-,27?/m0/s1. The van der Waals surface area contributed by atoms with E-state index < -0.39 is 24.1 Å². The number of ether oxygens (including phenoxy) is 1. The summed E-state index contributed by atoms with van der Waals surface area (Å²) >= 11 is 0. The molecule has 1 aliphatic heterocycles. The monoisotopic (exact) mass is 466 g/mol. The third-order valence-corrected chi connectivity index (χ3v) is 11.8. The number of aliphatic hydroxyl groups is 5. The Labute approximate surface area is 198 Å². The fourth-order valence-corrected chi connectivity index (χ4v) is 9.83. The number of rotatable bonds is 4. The molecule has 5 fully saturated rings. The predicted octanol–water partition coefficient (Wildman–Crippen LogP) is 2.69. The van der Waals surface area contributed by atoms with Crippen LogP contribution < -0.4 is 0 Å². The Morgan fingerprint density at radius 1 is 1.03 bits per heavy atom. The van der Waals surface area contributed by atoms with Gasteiger partial charge in [0.2, 0.25) is 0 Å². The van der Waals surface area contributed by atoms with Gasteiger partial charge in [-0.15, -0.1) is 0 Å². The van der Waals surface area contributed by atoms with Crippen molar-refractivity contribution in [3.8, 4) is 0 Å². The molecule has 0 aromatic carbocycles. The zero-order chi connectivity index (χ0) is 23.9. The Balaban J connectivity index is 1.37. The molecule has 6 heteroatoms. The molecule has 14 atom stereocenters. The van der Waals surface area contributed by atoms with Crippen molar-refractivity contribution in [2.75, 3.05) is 6.61 Å². The molecule has 6 unspecified atom stereocenters. The maximum absolute atomic E-state index is 11.4. The summed E-state index contributed by atoms with van der Waals surface area (Å²) in [5.74, 6) is 1.05. The molecule has 1 heterocycles. The highest BCUT2D eigenvalue weighted by Gasteiger charge is 2.69. The molecule has 0 bridgehead atoms. The maximum atomic E-state index is 11.4. The Hall–Kier alpha value is -0.240.